The van der Waals surface area contributed by atoms with Crippen LogP contribution in [0.2, 0.25) is 0 Å². The van der Waals surface area contributed by atoms with Crippen LogP contribution in [0.3, 0.4) is 0 Å². The van der Waals surface area contributed by atoms with Crippen molar-refractivity contribution in [2.75, 3.05) is 6.61 Å². The smallest absolute Gasteiger partial charge is 0.0518 e. The first-order valence-electron chi connectivity index (χ1n) is 4.00. The minimum absolute atomic E-state index is 0.316. The maximum absolute atomic E-state index is 5.55. The Labute approximate surface area is 63.7 Å². The van der Waals surface area contributed by atoms with Gasteiger partial charge in [-0.05, 0) is 33.6 Å². The Morgan fingerprint density at radius 1 is 1.30 bits per heavy atom. The Kier molecular flexibility index (Phi) is 5.64. The van der Waals surface area contributed by atoms with E-state index in [0.29, 0.717) is 12.1 Å². The molecule has 10 heavy (non-hydrogen) atoms. The SMILES string of the molecule is CC(N)CCCOC(C)C. The molecule has 0 radical (unpaired) electrons. The van der Waals surface area contributed by atoms with Crippen molar-refractivity contribution in [3.8, 4) is 0 Å². The predicted molar refractivity (Wildman–Crippen MR) is 44.0 cm³/mol. The van der Waals surface area contributed by atoms with Crippen LogP contribution in [-0.4, -0.2) is 18.8 Å². The largest absolute Gasteiger partial charge is 0.379 e. The van der Waals surface area contributed by atoms with Crippen LogP contribution in [0.4, 0.5) is 0 Å². The normalized spacial score (nSPS) is 14.1. The van der Waals surface area contributed by atoms with Crippen molar-refractivity contribution in [1.82, 2.24) is 0 Å². The first kappa shape index (κ1) is 9.92. The number of ether oxygens (including phenoxy) is 1. The van der Waals surface area contributed by atoms with Crippen molar-refractivity contribution in [1.29, 1.82) is 0 Å². The summed E-state index contributed by atoms with van der Waals surface area (Å²) < 4.78 is 5.34. The third-order valence-electron chi connectivity index (χ3n) is 1.25. The first-order valence-corrected chi connectivity index (χ1v) is 4.00. The van der Waals surface area contributed by atoms with E-state index in [9.17, 15) is 0 Å². The molecule has 0 aliphatic rings. The fourth-order valence-corrected chi connectivity index (χ4v) is 0.724. The van der Waals surface area contributed by atoms with E-state index in [1.54, 1.807) is 0 Å². The Balaban J connectivity index is 2.91. The van der Waals surface area contributed by atoms with Crippen molar-refractivity contribution >= 4 is 0 Å². The third-order valence-corrected chi connectivity index (χ3v) is 1.25. The Morgan fingerprint density at radius 3 is 2.30 bits per heavy atom. The standard InChI is InChI=1S/C8H19NO/c1-7(2)10-6-4-5-8(3)9/h7-8H,4-6,9H2,1-3H3. The zero-order valence-corrected chi connectivity index (χ0v) is 7.26. The van der Waals surface area contributed by atoms with E-state index in [4.69, 9.17) is 10.5 Å². The van der Waals surface area contributed by atoms with Crippen LogP contribution < -0.4 is 5.73 Å². The molecule has 0 spiro atoms. The highest BCUT2D eigenvalue weighted by atomic mass is 16.5. The van der Waals surface area contributed by atoms with Gasteiger partial charge in [0.15, 0.2) is 0 Å². The van der Waals surface area contributed by atoms with Crippen LogP contribution >= 0.6 is 0 Å². The van der Waals surface area contributed by atoms with Gasteiger partial charge in [0.2, 0.25) is 0 Å². The minimum Gasteiger partial charge on any atom is -0.379 e. The highest BCUT2D eigenvalue weighted by Gasteiger charge is 1.95. The topological polar surface area (TPSA) is 35.2 Å². The summed E-state index contributed by atoms with van der Waals surface area (Å²) in [7, 11) is 0. The number of nitrogens with two attached hydrogens (primary N) is 1. The first-order chi connectivity index (χ1) is 4.63. The van der Waals surface area contributed by atoms with E-state index >= 15 is 0 Å². The summed E-state index contributed by atoms with van der Waals surface area (Å²) in [6.07, 6.45) is 2.50. The fraction of sp³-hybridized carbons (Fsp3) is 1.00. The average molecular weight is 145 g/mol. The Morgan fingerprint density at radius 2 is 1.90 bits per heavy atom. The molecule has 0 aliphatic carbocycles. The molecule has 0 heterocycles. The van der Waals surface area contributed by atoms with Crippen molar-refractivity contribution in [3.05, 3.63) is 0 Å². The second kappa shape index (κ2) is 5.69. The van der Waals surface area contributed by atoms with Crippen LogP contribution in [-0.2, 0) is 4.74 Å². The molecule has 62 valence electrons. The van der Waals surface area contributed by atoms with E-state index in [0.717, 1.165) is 19.4 Å². The van der Waals surface area contributed by atoms with Gasteiger partial charge in [0, 0.05) is 12.6 Å². The molecule has 0 aromatic carbocycles. The van der Waals surface area contributed by atoms with E-state index < -0.39 is 0 Å². The van der Waals surface area contributed by atoms with Gasteiger partial charge in [-0.1, -0.05) is 0 Å². The summed E-state index contributed by atoms with van der Waals surface area (Å²) in [5, 5.41) is 0. The highest BCUT2D eigenvalue weighted by molar-refractivity contribution is 4.51. The second-order valence-corrected chi connectivity index (χ2v) is 3.04. The molecule has 0 aromatic rings. The average Bonchev–Trinajstić information content (AvgIpc) is 1.79. The van der Waals surface area contributed by atoms with Crippen molar-refractivity contribution in [3.63, 3.8) is 0 Å². The van der Waals surface area contributed by atoms with Gasteiger partial charge >= 0.3 is 0 Å². The van der Waals surface area contributed by atoms with Crippen LogP contribution in [0.25, 0.3) is 0 Å². The minimum atomic E-state index is 0.316. The molecule has 1 unspecified atom stereocenters. The highest BCUT2D eigenvalue weighted by Crippen LogP contribution is 1.96. The van der Waals surface area contributed by atoms with Crippen LogP contribution in [0.15, 0.2) is 0 Å². The molecular formula is C8H19NO. The monoisotopic (exact) mass is 145 g/mol. The maximum Gasteiger partial charge on any atom is 0.0518 e. The van der Waals surface area contributed by atoms with Gasteiger partial charge in [-0.25, -0.2) is 0 Å². The molecule has 0 amide bonds. The molecule has 0 saturated heterocycles. The lowest BCUT2D eigenvalue weighted by atomic mass is 10.2. The van der Waals surface area contributed by atoms with Gasteiger partial charge < -0.3 is 10.5 Å². The summed E-state index contributed by atoms with van der Waals surface area (Å²) >= 11 is 0. The van der Waals surface area contributed by atoms with E-state index in [1.807, 2.05) is 20.8 Å². The van der Waals surface area contributed by atoms with E-state index in [-0.39, 0.29) is 0 Å². The van der Waals surface area contributed by atoms with Gasteiger partial charge in [0.1, 0.15) is 0 Å². The Bertz CT molecular complexity index is 61.7. The lowest BCUT2D eigenvalue weighted by Gasteiger charge is -2.08. The summed E-state index contributed by atoms with van der Waals surface area (Å²) in [4.78, 5) is 0. The molecule has 0 bridgehead atoms. The molecule has 2 N–H and O–H groups in total. The molecule has 0 rings (SSSR count). The lowest BCUT2D eigenvalue weighted by molar-refractivity contribution is 0.0753. The quantitative estimate of drug-likeness (QED) is 0.595. The predicted octanol–water partition coefficient (Wildman–Crippen LogP) is 1.54. The maximum atomic E-state index is 5.55. The summed E-state index contributed by atoms with van der Waals surface area (Å²) in [6, 6.07) is 0.316. The molecule has 0 saturated carbocycles. The zero-order valence-electron chi connectivity index (χ0n) is 7.26. The number of hydrogen-bond donors (Lipinski definition) is 1. The second-order valence-electron chi connectivity index (χ2n) is 3.04. The molecule has 1 atom stereocenters. The van der Waals surface area contributed by atoms with Crippen molar-refractivity contribution < 1.29 is 4.74 Å². The summed E-state index contributed by atoms with van der Waals surface area (Å²) in [5.41, 5.74) is 5.55. The molecular weight excluding hydrogens is 126 g/mol. The molecule has 0 fully saturated rings. The van der Waals surface area contributed by atoms with Gasteiger partial charge in [-0.15, -0.1) is 0 Å². The number of rotatable bonds is 5. The lowest BCUT2D eigenvalue weighted by Crippen LogP contribution is -2.15. The van der Waals surface area contributed by atoms with Crippen molar-refractivity contribution in [2.24, 2.45) is 5.73 Å². The molecule has 0 aliphatic heterocycles. The number of hydrogen-bond acceptors (Lipinski definition) is 2. The van der Waals surface area contributed by atoms with E-state index in [1.165, 1.54) is 0 Å². The molecule has 0 aromatic heterocycles. The van der Waals surface area contributed by atoms with Crippen LogP contribution in [0.5, 0.6) is 0 Å². The van der Waals surface area contributed by atoms with Crippen molar-refractivity contribution in [2.45, 2.75) is 45.8 Å². The van der Waals surface area contributed by atoms with Gasteiger partial charge in [0.05, 0.1) is 6.10 Å². The summed E-state index contributed by atoms with van der Waals surface area (Å²) in [5.74, 6) is 0. The van der Waals surface area contributed by atoms with Gasteiger partial charge in [-0.3, -0.25) is 0 Å². The third kappa shape index (κ3) is 7.92. The van der Waals surface area contributed by atoms with Crippen LogP contribution in [0.1, 0.15) is 33.6 Å². The van der Waals surface area contributed by atoms with Gasteiger partial charge in [-0.2, -0.15) is 0 Å². The molecule has 2 nitrogen and oxygen atoms in total. The summed E-state index contributed by atoms with van der Waals surface area (Å²) in [6.45, 7) is 6.96. The zero-order chi connectivity index (χ0) is 7.98. The Hall–Kier alpha value is -0.0800. The van der Waals surface area contributed by atoms with Gasteiger partial charge in [0.25, 0.3) is 0 Å². The van der Waals surface area contributed by atoms with E-state index in [2.05, 4.69) is 0 Å². The fourth-order valence-electron chi connectivity index (χ4n) is 0.724. The van der Waals surface area contributed by atoms with Crippen LogP contribution in [0, 0.1) is 0 Å². The molecule has 2 heteroatoms.